The summed E-state index contributed by atoms with van der Waals surface area (Å²) in [6.45, 7) is 0. The zero-order chi connectivity index (χ0) is 41.9. The van der Waals surface area contributed by atoms with Gasteiger partial charge in [0.2, 0.25) is 0 Å². The number of furan rings is 2. The molecule has 0 atom stereocenters. The van der Waals surface area contributed by atoms with Crippen molar-refractivity contribution in [2.24, 2.45) is 0 Å². The number of hydrogen-bond acceptors (Lipinski definition) is 7. The predicted octanol–water partition coefficient (Wildman–Crippen LogP) is 16.7. The summed E-state index contributed by atoms with van der Waals surface area (Å²) < 4.78 is 18.3. The largest absolute Gasteiger partial charge is 0.456 e. The van der Waals surface area contributed by atoms with Crippen molar-refractivity contribution in [1.29, 1.82) is 0 Å². The lowest BCUT2D eigenvalue weighted by molar-refractivity contribution is 0.668. The van der Waals surface area contributed by atoms with Crippen LogP contribution in [-0.4, -0.2) is 15.0 Å². The minimum absolute atomic E-state index is 0.537. The second-order valence-corrected chi connectivity index (χ2v) is 18.4. The molecule has 9 aromatic carbocycles. The molecule has 0 aliphatic carbocycles. The molecule has 5 heterocycles. The van der Waals surface area contributed by atoms with Gasteiger partial charge in [-0.05, 0) is 76.9 Å². The van der Waals surface area contributed by atoms with Gasteiger partial charge in [-0.2, -0.15) is 0 Å². The van der Waals surface area contributed by atoms with E-state index in [0.717, 1.165) is 66.1 Å². The standard InChI is InChI=1S/C57H31N3O2S2/c1-2-12-32(13-3-1)55-58-56(60-57(59-55)42-19-10-17-39-36-14-4-7-20-44(36)62-54(39)42)41-18-11-21-46-52(41)43-30-34(25-28-45(43)61-46)51-35(27-29-49-53(51)40-16-6-9-23-48(40)63-49)33-24-26-38-37-15-5-8-22-47(37)64-50(38)31-33/h1-31H. The van der Waals surface area contributed by atoms with Gasteiger partial charge < -0.3 is 8.83 Å². The summed E-state index contributed by atoms with van der Waals surface area (Å²) in [4.78, 5) is 15.6. The summed E-state index contributed by atoms with van der Waals surface area (Å²) in [5.41, 5.74) is 10.4. The lowest BCUT2D eigenvalue weighted by Crippen LogP contribution is -2.00. The van der Waals surface area contributed by atoms with Crippen LogP contribution in [0.5, 0.6) is 0 Å². The summed E-state index contributed by atoms with van der Waals surface area (Å²) in [5.74, 6) is 1.67. The van der Waals surface area contributed by atoms with Crippen LogP contribution >= 0.6 is 22.7 Å². The first kappa shape index (κ1) is 35.6. The van der Waals surface area contributed by atoms with E-state index in [1.165, 1.54) is 57.0 Å². The number of thiophene rings is 2. The summed E-state index contributed by atoms with van der Waals surface area (Å²) in [7, 11) is 0. The quantitative estimate of drug-likeness (QED) is 0.173. The van der Waals surface area contributed by atoms with Crippen molar-refractivity contribution >= 4 is 107 Å². The van der Waals surface area contributed by atoms with E-state index in [9.17, 15) is 0 Å². The Morgan fingerprint density at radius 1 is 0.312 bits per heavy atom. The van der Waals surface area contributed by atoms with Gasteiger partial charge in [-0.15, -0.1) is 22.7 Å². The molecule has 14 rings (SSSR count). The van der Waals surface area contributed by atoms with Crippen molar-refractivity contribution in [1.82, 2.24) is 15.0 Å². The van der Waals surface area contributed by atoms with Crippen molar-refractivity contribution in [3.8, 4) is 56.4 Å². The maximum absolute atomic E-state index is 6.68. The van der Waals surface area contributed by atoms with Gasteiger partial charge in [-0.1, -0.05) is 133 Å². The van der Waals surface area contributed by atoms with Gasteiger partial charge in [-0.25, -0.2) is 15.0 Å². The molecule has 0 amide bonds. The molecule has 0 fully saturated rings. The summed E-state index contributed by atoms with van der Waals surface area (Å²) >= 11 is 3.69. The number of nitrogens with zero attached hydrogens (tertiary/aromatic N) is 3. The molecule has 0 N–H and O–H groups in total. The van der Waals surface area contributed by atoms with Gasteiger partial charge in [0.05, 0.1) is 5.56 Å². The van der Waals surface area contributed by atoms with Crippen molar-refractivity contribution in [3.63, 3.8) is 0 Å². The smallest absolute Gasteiger partial charge is 0.167 e. The van der Waals surface area contributed by atoms with E-state index < -0.39 is 0 Å². The van der Waals surface area contributed by atoms with Crippen LogP contribution in [0, 0.1) is 0 Å². The Hall–Kier alpha value is -7.97. The first-order valence-corrected chi connectivity index (χ1v) is 22.9. The minimum atomic E-state index is 0.537. The zero-order valence-electron chi connectivity index (χ0n) is 33.9. The van der Waals surface area contributed by atoms with Crippen LogP contribution in [0.25, 0.3) is 141 Å². The van der Waals surface area contributed by atoms with Gasteiger partial charge in [0, 0.05) is 73.0 Å². The van der Waals surface area contributed by atoms with Crippen LogP contribution in [0.4, 0.5) is 0 Å². The molecule has 0 spiro atoms. The predicted molar refractivity (Wildman–Crippen MR) is 267 cm³/mol. The first-order valence-electron chi connectivity index (χ1n) is 21.2. The number of para-hydroxylation sites is 2. The molecule has 14 aromatic rings. The second-order valence-electron chi connectivity index (χ2n) is 16.2. The lowest BCUT2D eigenvalue weighted by atomic mass is 9.89. The average Bonchev–Trinajstić information content (AvgIpc) is 4.13. The van der Waals surface area contributed by atoms with Crippen LogP contribution in [0.1, 0.15) is 0 Å². The Kier molecular flexibility index (Phi) is 7.66. The number of hydrogen-bond donors (Lipinski definition) is 0. The molecule has 5 nitrogen and oxygen atoms in total. The highest BCUT2D eigenvalue weighted by Gasteiger charge is 2.23. The Bertz CT molecular complexity index is 4220. The molecular weight excluding hydrogens is 823 g/mol. The van der Waals surface area contributed by atoms with Gasteiger partial charge in [-0.3, -0.25) is 0 Å². The summed E-state index contributed by atoms with van der Waals surface area (Å²) in [6.07, 6.45) is 0. The van der Waals surface area contributed by atoms with Crippen LogP contribution in [0.2, 0.25) is 0 Å². The van der Waals surface area contributed by atoms with Crippen LogP contribution in [-0.2, 0) is 0 Å². The third-order valence-corrected chi connectivity index (χ3v) is 14.8. The molecule has 7 heteroatoms. The highest BCUT2D eigenvalue weighted by atomic mass is 32.1. The molecule has 0 unspecified atom stereocenters. The van der Waals surface area contributed by atoms with E-state index in [1.54, 1.807) is 0 Å². The third kappa shape index (κ3) is 5.38. The third-order valence-electron chi connectivity index (χ3n) is 12.6. The average molecular weight is 854 g/mol. The highest BCUT2D eigenvalue weighted by molar-refractivity contribution is 7.26. The molecule has 0 radical (unpaired) electrons. The Labute approximate surface area is 373 Å². The SMILES string of the molecule is c1ccc(-c2nc(-c3cccc4c3oc3ccccc34)nc(-c3cccc4oc5ccc(-c6c(-c7ccc8c(c7)sc7ccccc78)ccc7sc8ccccc8c67)cc5c34)n2)cc1. The second kappa shape index (κ2) is 13.8. The van der Waals surface area contributed by atoms with Crippen LogP contribution in [0.3, 0.4) is 0 Å². The molecule has 0 saturated carbocycles. The molecule has 0 aliphatic rings. The highest BCUT2D eigenvalue weighted by Crippen LogP contribution is 2.48. The molecular formula is C57H31N3O2S2. The Balaban J connectivity index is 1.01. The fourth-order valence-electron chi connectivity index (χ4n) is 9.68. The maximum atomic E-state index is 6.68. The molecule has 298 valence electrons. The Morgan fingerprint density at radius 3 is 1.84 bits per heavy atom. The molecule has 5 aromatic heterocycles. The van der Waals surface area contributed by atoms with E-state index in [0.29, 0.717) is 17.5 Å². The van der Waals surface area contributed by atoms with E-state index in [1.807, 2.05) is 95.5 Å². The van der Waals surface area contributed by atoms with Crippen molar-refractivity contribution in [2.75, 3.05) is 0 Å². The van der Waals surface area contributed by atoms with Crippen molar-refractivity contribution in [3.05, 3.63) is 188 Å². The minimum Gasteiger partial charge on any atom is -0.456 e. The van der Waals surface area contributed by atoms with Gasteiger partial charge in [0.25, 0.3) is 0 Å². The van der Waals surface area contributed by atoms with Crippen molar-refractivity contribution < 1.29 is 8.83 Å². The number of rotatable bonds is 5. The lowest BCUT2D eigenvalue weighted by Gasteiger charge is -2.14. The number of fused-ring (bicyclic) bond motifs is 12. The molecule has 64 heavy (non-hydrogen) atoms. The molecule has 0 aliphatic heterocycles. The summed E-state index contributed by atoms with van der Waals surface area (Å²) in [6, 6.07) is 66.2. The van der Waals surface area contributed by atoms with Crippen LogP contribution < -0.4 is 0 Å². The van der Waals surface area contributed by atoms with E-state index in [2.05, 4.69) is 115 Å². The number of aromatic nitrogens is 3. The topological polar surface area (TPSA) is 65.0 Å². The van der Waals surface area contributed by atoms with E-state index in [4.69, 9.17) is 23.8 Å². The fraction of sp³-hybridized carbons (Fsp3) is 0. The zero-order valence-corrected chi connectivity index (χ0v) is 35.5. The van der Waals surface area contributed by atoms with E-state index in [-0.39, 0.29) is 0 Å². The van der Waals surface area contributed by atoms with Crippen LogP contribution in [0.15, 0.2) is 197 Å². The molecule has 0 saturated heterocycles. The maximum Gasteiger partial charge on any atom is 0.167 e. The van der Waals surface area contributed by atoms with Gasteiger partial charge >= 0.3 is 0 Å². The fourth-order valence-corrected chi connectivity index (χ4v) is 11.9. The van der Waals surface area contributed by atoms with E-state index >= 15 is 0 Å². The van der Waals surface area contributed by atoms with Gasteiger partial charge in [0.1, 0.15) is 22.3 Å². The monoisotopic (exact) mass is 853 g/mol. The normalized spacial score (nSPS) is 12.1. The van der Waals surface area contributed by atoms with Crippen molar-refractivity contribution in [2.45, 2.75) is 0 Å². The Morgan fingerprint density at radius 2 is 0.953 bits per heavy atom. The van der Waals surface area contributed by atoms with Gasteiger partial charge in [0.15, 0.2) is 17.5 Å². The summed E-state index contributed by atoms with van der Waals surface area (Å²) in [5, 5.41) is 9.12. The molecule has 0 bridgehead atoms. The number of benzene rings is 9. The first-order chi connectivity index (χ1) is 31.7.